The van der Waals surface area contributed by atoms with Gasteiger partial charge < -0.3 is 46.0 Å². The topological polar surface area (TPSA) is 344 Å². The van der Waals surface area contributed by atoms with Crippen molar-refractivity contribution in [3.63, 3.8) is 0 Å². The van der Waals surface area contributed by atoms with E-state index in [4.69, 9.17) is 70.4 Å². The van der Waals surface area contributed by atoms with Crippen molar-refractivity contribution in [3.05, 3.63) is 115 Å². The second-order valence-corrected chi connectivity index (χ2v) is 7.75. The van der Waals surface area contributed by atoms with E-state index in [0.717, 1.165) is 22.5 Å². The van der Waals surface area contributed by atoms with Crippen LogP contribution in [0.5, 0.6) is 0 Å². The fourth-order valence-electron chi connectivity index (χ4n) is 3.05. The first-order valence-corrected chi connectivity index (χ1v) is 11.3. The molecule has 25 heteroatoms. The minimum Gasteiger partial charge on any atom is -0.356 e. The summed E-state index contributed by atoms with van der Waals surface area (Å²) in [6, 6.07) is 15.3. The Labute approximate surface area is 256 Å². The van der Waals surface area contributed by atoms with Gasteiger partial charge in [-0.15, -0.1) is 0 Å². The second kappa shape index (κ2) is 17.1. The quantitative estimate of drug-likeness (QED) is 0.0782. The molecule has 1 radical (unpaired) electrons. The first kappa shape index (κ1) is 35.3. The number of hydrogen-bond donors (Lipinski definition) is 6. The van der Waals surface area contributed by atoms with E-state index in [1.807, 2.05) is 48.5 Å². The summed E-state index contributed by atoms with van der Waals surface area (Å²) in [7, 11) is 0. The molecule has 0 fully saturated rings. The molecule has 1 aromatic heterocycles. The third-order valence-corrected chi connectivity index (χ3v) is 4.75. The van der Waals surface area contributed by atoms with Gasteiger partial charge in [0.2, 0.25) is 9.54 Å². The number of nitrogens with zero attached hydrogens (tertiary/aromatic N) is 7. The molecule has 0 saturated heterocycles. The summed E-state index contributed by atoms with van der Waals surface area (Å²) in [5, 5.41) is 70.4. The van der Waals surface area contributed by atoms with Gasteiger partial charge in [-0.25, -0.2) is 9.98 Å². The van der Waals surface area contributed by atoms with E-state index >= 15 is 0 Å². The predicted octanol–water partition coefficient (Wildman–Crippen LogP) is 2.42. The average molecular weight is 673 g/mol. The van der Waals surface area contributed by atoms with Crippen molar-refractivity contribution >= 4 is 35.8 Å². The molecule has 0 amide bonds. The molecule has 6 N–H and O–H groups in total. The molecule has 0 aliphatic carbocycles. The fraction of sp³-hybridized carbons (Fsp3) is 0. The van der Waals surface area contributed by atoms with Gasteiger partial charge in [-0.2, -0.15) is 10.2 Å². The van der Waals surface area contributed by atoms with Gasteiger partial charge >= 0.3 is 17.4 Å². The third-order valence-electron chi connectivity index (χ3n) is 4.36. The number of aromatic nitrogens is 8. The Bertz CT molecular complexity index is 1740. The smallest absolute Gasteiger partial charge is 0.356 e. The third kappa shape index (κ3) is 11.7. The molecular formula is C18H14CrN13O9S2. The zero-order valence-corrected chi connectivity index (χ0v) is 23.6. The molecule has 43 heavy (non-hydrogen) atoms. The molecule has 22 nitrogen and oxygen atoms in total. The zero-order chi connectivity index (χ0) is 31.2. The zero-order valence-electron chi connectivity index (χ0n) is 20.6. The van der Waals surface area contributed by atoms with E-state index in [1.54, 1.807) is 0 Å². The van der Waals surface area contributed by atoms with Crippen LogP contribution < -0.4 is 11.0 Å². The summed E-state index contributed by atoms with van der Waals surface area (Å²) < 4.78 is 0.496. The van der Waals surface area contributed by atoms with E-state index in [9.17, 15) is 0 Å². The first-order chi connectivity index (χ1) is 19.9. The number of aromatic amines is 6. The van der Waals surface area contributed by atoms with Crippen LogP contribution in [0.15, 0.2) is 58.5 Å². The number of hydrogen-bond acceptors (Lipinski definition) is 15. The number of rotatable bonds is 0. The van der Waals surface area contributed by atoms with Gasteiger partial charge in [0.15, 0.2) is 11.0 Å². The number of benzene rings is 2. The maximum Gasteiger partial charge on any atom is 3.00 e. The molecule has 3 heterocycles. The van der Waals surface area contributed by atoms with Crippen LogP contribution in [0.3, 0.4) is 0 Å². The average Bonchev–Trinajstić information content (AvgIpc) is 3.44. The van der Waals surface area contributed by atoms with Crippen LogP contribution in [-0.4, -0.2) is 56.0 Å². The maximum absolute atomic E-state index is 8.25. The first-order valence-electron chi connectivity index (χ1n) is 10.5. The Morgan fingerprint density at radius 3 is 1.23 bits per heavy atom. The van der Waals surface area contributed by atoms with Crippen LogP contribution in [0.4, 0.5) is 11.4 Å². The van der Waals surface area contributed by atoms with Gasteiger partial charge in [0.05, 0.1) is 26.6 Å². The largest absolute Gasteiger partial charge is 3.00 e. The van der Waals surface area contributed by atoms with E-state index < -0.39 is 15.3 Å². The van der Waals surface area contributed by atoms with E-state index in [-0.39, 0.29) is 26.9 Å². The summed E-state index contributed by atoms with van der Waals surface area (Å²) in [5.74, 6) is 0. The summed E-state index contributed by atoms with van der Waals surface area (Å²) in [6.07, 6.45) is 0. The van der Waals surface area contributed by atoms with Crippen molar-refractivity contribution in [1.82, 2.24) is 40.8 Å². The number of H-pyrrole nitrogens is 6. The molecule has 0 bridgehead atoms. The SMILES string of the molecule is O=[N+]([O-])[O-].O=[N+]([O-])[O-].O=[N+]([O-])[O-].S=c1[nH]nc2c([nH][nH]c(=S)[nH][nH]c3c(n[nH]1)-c1ccccc1N=3)=Nc1ccccc1-2.[Cr+3]. The second-order valence-electron chi connectivity index (χ2n) is 6.93. The van der Waals surface area contributed by atoms with Crippen LogP contribution >= 0.6 is 24.4 Å². The molecule has 2 aromatic carbocycles. The number of fused-ring (bicyclic) bond motifs is 6. The van der Waals surface area contributed by atoms with Crippen LogP contribution in [0, 0.1) is 55.5 Å². The molecule has 223 valence electrons. The molecule has 2 aliphatic heterocycles. The Morgan fingerprint density at radius 2 is 0.884 bits per heavy atom. The Hall–Kier alpha value is -5.77. The number of para-hydroxylation sites is 2. The van der Waals surface area contributed by atoms with Gasteiger partial charge in [0, 0.05) is 11.1 Å². The van der Waals surface area contributed by atoms with Crippen LogP contribution in [-0.2, 0) is 17.4 Å². The molecule has 3 aromatic rings. The normalized spacial score (nSPS) is 9.67. The van der Waals surface area contributed by atoms with Gasteiger partial charge in [-0.1, -0.05) is 36.4 Å². The molecule has 5 rings (SSSR count). The Balaban J connectivity index is 0.000000612. The van der Waals surface area contributed by atoms with E-state index in [1.165, 1.54) is 0 Å². The Kier molecular flexibility index (Phi) is 14.1. The van der Waals surface area contributed by atoms with Gasteiger partial charge in [-0.05, 0) is 36.6 Å². The minimum absolute atomic E-state index is 0. The molecular weight excluding hydrogens is 658 g/mol. The van der Waals surface area contributed by atoms with Crippen molar-refractivity contribution in [2.45, 2.75) is 0 Å². The van der Waals surface area contributed by atoms with Crippen LogP contribution in [0.2, 0.25) is 0 Å². The predicted molar refractivity (Wildman–Crippen MR) is 146 cm³/mol. The van der Waals surface area contributed by atoms with Crippen molar-refractivity contribution < 1.29 is 32.6 Å². The van der Waals surface area contributed by atoms with Crippen LogP contribution in [0.1, 0.15) is 0 Å². The fourth-order valence-corrected chi connectivity index (χ4v) is 3.24. The van der Waals surface area contributed by atoms with Crippen molar-refractivity contribution in [1.29, 1.82) is 0 Å². The molecule has 0 saturated carbocycles. The molecule has 0 atom stereocenters. The van der Waals surface area contributed by atoms with Gasteiger partial charge in [0.1, 0.15) is 11.4 Å². The van der Waals surface area contributed by atoms with Crippen molar-refractivity contribution in [2.24, 2.45) is 9.98 Å². The molecule has 0 unspecified atom stereocenters. The van der Waals surface area contributed by atoms with Crippen LogP contribution in [0.25, 0.3) is 22.5 Å². The van der Waals surface area contributed by atoms with Crippen molar-refractivity contribution in [3.8, 4) is 22.5 Å². The molecule has 0 spiro atoms. The minimum atomic E-state index is -1.75. The summed E-state index contributed by atoms with van der Waals surface area (Å²) in [6.45, 7) is 0. The van der Waals surface area contributed by atoms with Crippen molar-refractivity contribution in [2.75, 3.05) is 0 Å². The molecule has 2 aliphatic rings. The monoisotopic (exact) mass is 672 g/mol. The Morgan fingerprint density at radius 1 is 0.558 bits per heavy atom. The van der Waals surface area contributed by atoms with E-state index in [0.29, 0.717) is 22.4 Å². The maximum atomic E-state index is 8.25. The summed E-state index contributed by atoms with van der Waals surface area (Å²) in [4.78, 5) is 33.8. The van der Waals surface area contributed by atoms with Gasteiger partial charge in [0.25, 0.3) is 0 Å². The van der Waals surface area contributed by atoms with Gasteiger partial charge in [-0.3, -0.25) is 30.6 Å². The summed E-state index contributed by atoms with van der Waals surface area (Å²) >= 11 is 10.6. The summed E-state index contributed by atoms with van der Waals surface area (Å²) in [5.41, 5.74) is 5.40. The van der Waals surface area contributed by atoms with E-state index in [2.05, 4.69) is 50.8 Å². The standard InChI is InChI=1S/C18H14N10S2.Cr.3NO3/c29-17-25-21-13-9-5-1-3-7-11(9)19-15(13)23-27-18(30)28-24-16-14(22-26-17)10-6-2-4-8-12(10)20-16;;3*2-1(3)4/h1-8H,(H,19,23)(H,20,24)(H2,25,26,29)(H2,27,28,30);;;;/q;+3;3*-1. The number of nitrogens with one attached hydrogen (secondary N) is 6.